The fourth-order valence-electron chi connectivity index (χ4n) is 3.28. The number of nitrogens with zero attached hydrogens (tertiary/aromatic N) is 2. The molecular formula is C20H26N2O3S. The molecule has 0 fully saturated rings. The summed E-state index contributed by atoms with van der Waals surface area (Å²) in [6, 6.07) is 7.99. The molecule has 2 heterocycles. The van der Waals surface area contributed by atoms with Crippen molar-refractivity contribution in [3.8, 4) is 11.5 Å². The average molecular weight is 375 g/mol. The van der Waals surface area contributed by atoms with Gasteiger partial charge in [-0.3, -0.25) is 4.79 Å². The summed E-state index contributed by atoms with van der Waals surface area (Å²) in [6.45, 7) is 3.44. The zero-order valence-corrected chi connectivity index (χ0v) is 16.5. The van der Waals surface area contributed by atoms with E-state index in [0.717, 1.165) is 43.6 Å². The second kappa shape index (κ2) is 8.56. The third-order valence-corrected chi connectivity index (χ3v) is 5.71. The van der Waals surface area contributed by atoms with Gasteiger partial charge in [0, 0.05) is 30.1 Å². The maximum absolute atomic E-state index is 12.6. The van der Waals surface area contributed by atoms with Crippen LogP contribution >= 0.6 is 11.3 Å². The van der Waals surface area contributed by atoms with Gasteiger partial charge in [-0.1, -0.05) is 6.07 Å². The van der Waals surface area contributed by atoms with Crippen molar-refractivity contribution in [3.63, 3.8) is 0 Å². The number of amides is 1. The number of carbonyl (C=O) groups is 1. The molecule has 0 radical (unpaired) electrons. The minimum Gasteiger partial charge on any atom is -0.493 e. The van der Waals surface area contributed by atoms with Gasteiger partial charge in [0.1, 0.15) is 0 Å². The molecule has 0 saturated carbocycles. The van der Waals surface area contributed by atoms with Gasteiger partial charge in [0.2, 0.25) is 0 Å². The molecule has 0 aliphatic carbocycles. The van der Waals surface area contributed by atoms with E-state index in [-0.39, 0.29) is 5.91 Å². The Balaban J connectivity index is 1.49. The number of benzene rings is 1. The van der Waals surface area contributed by atoms with Gasteiger partial charge in [0.15, 0.2) is 11.5 Å². The largest absolute Gasteiger partial charge is 0.493 e. The van der Waals surface area contributed by atoms with Crippen LogP contribution in [0.3, 0.4) is 0 Å². The Kier molecular flexibility index (Phi) is 6.16. The maximum Gasteiger partial charge on any atom is 0.254 e. The van der Waals surface area contributed by atoms with E-state index in [1.54, 1.807) is 20.3 Å². The van der Waals surface area contributed by atoms with E-state index in [1.807, 2.05) is 22.3 Å². The van der Waals surface area contributed by atoms with Crippen LogP contribution in [0.15, 0.2) is 29.6 Å². The Morgan fingerprint density at radius 3 is 2.65 bits per heavy atom. The smallest absolute Gasteiger partial charge is 0.254 e. The standard InChI is InChI=1S/C20H26N2O3S/c1-21(10-7-16-6-4-11-26-16)8-5-9-22-14-15-12-18(24-2)19(25-3)13-17(15)20(22)23/h4,6,11-13H,5,7-10,14H2,1-3H3. The van der Waals surface area contributed by atoms with E-state index in [1.165, 1.54) is 4.88 Å². The molecule has 6 heteroatoms. The summed E-state index contributed by atoms with van der Waals surface area (Å²) in [5.74, 6) is 1.37. The van der Waals surface area contributed by atoms with Crippen LogP contribution in [0, 0.1) is 0 Å². The first-order valence-electron chi connectivity index (χ1n) is 8.87. The van der Waals surface area contributed by atoms with Crippen LogP contribution in [0.4, 0.5) is 0 Å². The van der Waals surface area contributed by atoms with Gasteiger partial charge in [-0.2, -0.15) is 0 Å². The van der Waals surface area contributed by atoms with Crippen molar-refractivity contribution < 1.29 is 14.3 Å². The first-order chi connectivity index (χ1) is 12.6. The minimum atomic E-state index is 0.0854. The average Bonchev–Trinajstić information content (AvgIpc) is 3.27. The first kappa shape index (κ1) is 18.7. The lowest BCUT2D eigenvalue weighted by Gasteiger charge is -2.19. The summed E-state index contributed by atoms with van der Waals surface area (Å²) < 4.78 is 10.7. The SMILES string of the molecule is COc1cc2c(cc1OC)C(=O)N(CCCN(C)CCc1cccs1)C2. The topological polar surface area (TPSA) is 42.0 Å². The number of rotatable bonds is 9. The highest BCUT2D eigenvalue weighted by atomic mass is 32.1. The van der Waals surface area contributed by atoms with Crippen molar-refractivity contribution in [3.05, 3.63) is 45.6 Å². The summed E-state index contributed by atoms with van der Waals surface area (Å²) in [7, 11) is 5.35. The summed E-state index contributed by atoms with van der Waals surface area (Å²) in [5, 5.41) is 2.12. The number of fused-ring (bicyclic) bond motifs is 1. The van der Waals surface area contributed by atoms with E-state index in [0.29, 0.717) is 18.0 Å². The number of hydrogen-bond donors (Lipinski definition) is 0. The molecule has 0 spiro atoms. The number of likely N-dealkylation sites (N-methyl/N-ethyl adjacent to an activating group) is 1. The van der Waals surface area contributed by atoms with Gasteiger partial charge in [-0.15, -0.1) is 11.3 Å². The lowest BCUT2D eigenvalue weighted by atomic mass is 10.1. The highest BCUT2D eigenvalue weighted by Gasteiger charge is 2.29. The second-order valence-corrected chi connectivity index (χ2v) is 7.61. The molecule has 1 aromatic heterocycles. The molecule has 5 nitrogen and oxygen atoms in total. The Morgan fingerprint density at radius 2 is 1.96 bits per heavy atom. The van der Waals surface area contributed by atoms with Gasteiger partial charge in [-0.25, -0.2) is 0 Å². The van der Waals surface area contributed by atoms with Crippen LogP contribution in [0.5, 0.6) is 11.5 Å². The quantitative estimate of drug-likeness (QED) is 0.675. The first-order valence-corrected chi connectivity index (χ1v) is 9.75. The highest BCUT2D eigenvalue weighted by molar-refractivity contribution is 7.09. The molecule has 1 amide bonds. The summed E-state index contributed by atoms with van der Waals surface area (Å²) in [5.41, 5.74) is 1.74. The number of ether oxygens (including phenoxy) is 2. The van der Waals surface area contributed by atoms with Crippen LogP contribution in [-0.4, -0.2) is 56.6 Å². The second-order valence-electron chi connectivity index (χ2n) is 6.58. The number of methoxy groups -OCH3 is 2. The van der Waals surface area contributed by atoms with Gasteiger partial charge < -0.3 is 19.3 Å². The maximum atomic E-state index is 12.6. The Hall–Kier alpha value is -2.05. The highest BCUT2D eigenvalue weighted by Crippen LogP contribution is 2.34. The Labute approximate surface area is 159 Å². The minimum absolute atomic E-state index is 0.0854. The van der Waals surface area contributed by atoms with Gasteiger partial charge in [0.05, 0.1) is 14.2 Å². The van der Waals surface area contributed by atoms with E-state index in [2.05, 4.69) is 29.5 Å². The lowest BCUT2D eigenvalue weighted by molar-refractivity contribution is 0.0772. The molecular weight excluding hydrogens is 348 g/mol. The number of carbonyl (C=O) groups excluding carboxylic acids is 1. The van der Waals surface area contributed by atoms with Crippen molar-refractivity contribution in [2.24, 2.45) is 0 Å². The molecule has 1 aromatic carbocycles. The zero-order valence-electron chi connectivity index (χ0n) is 15.7. The predicted octanol–water partition coefficient (Wildman–Crippen LogP) is 3.29. The zero-order chi connectivity index (χ0) is 18.5. The van der Waals surface area contributed by atoms with Crippen LogP contribution in [0.1, 0.15) is 27.2 Å². The van der Waals surface area contributed by atoms with E-state index < -0.39 is 0 Å². The molecule has 0 N–H and O–H groups in total. The molecule has 140 valence electrons. The van der Waals surface area contributed by atoms with E-state index >= 15 is 0 Å². The summed E-state index contributed by atoms with van der Waals surface area (Å²) in [4.78, 5) is 18.3. The van der Waals surface area contributed by atoms with Crippen molar-refractivity contribution in [1.29, 1.82) is 0 Å². The predicted molar refractivity (Wildman–Crippen MR) is 104 cm³/mol. The normalized spacial score (nSPS) is 13.4. The fourth-order valence-corrected chi connectivity index (χ4v) is 3.98. The van der Waals surface area contributed by atoms with E-state index in [9.17, 15) is 4.79 Å². The van der Waals surface area contributed by atoms with Crippen molar-refractivity contribution in [2.75, 3.05) is 40.9 Å². The van der Waals surface area contributed by atoms with E-state index in [4.69, 9.17) is 9.47 Å². The molecule has 26 heavy (non-hydrogen) atoms. The molecule has 3 rings (SSSR count). The molecule has 2 aromatic rings. The fraction of sp³-hybridized carbons (Fsp3) is 0.450. The van der Waals surface area contributed by atoms with Gasteiger partial charge in [0.25, 0.3) is 5.91 Å². The van der Waals surface area contributed by atoms with Crippen molar-refractivity contribution >= 4 is 17.2 Å². The van der Waals surface area contributed by atoms with Crippen molar-refractivity contribution in [2.45, 2.75) is 19.4 Å². The molecule has 1 aliphatic heterocycles. The molecule has 0 unspecified atom stereocenters. The summed E-state index contributed by atoms with van der Waals surface area (Å²) >= 11 is 1.81. The molecule has 0 saturated heterocycles. The van der Waals surface area contributed by atoms with Crippen molar-refractivity contribution in [1.82, 2.24) is 9.80 Å². The van der Waals surface area contributed by atoms with Gasteiger partial charge >= 0.3 is 0 Å². The van der Waals surface area contributed by atoms with Crippen LogP contribution in [0.2, 0.25) is 0 Å². The molecule has 1 aliphatic rings. The monoisotopic (exact) mass is 374 g/mol. The Bertz CT molecular complexity index is 746. The molecule has 0 atom stereocenters. The number of thiophene rings is 1. The van der Waals surface area contributed by atoms with Crippen LogP contribution in [0.25, 0.3) is 0 Å². The third-order valence-electron chi connectivity index (χ3n) is 4.78. The van der Waals surface area contributed by atoms with Crippen LogP contribution < -0.4 is 9.47 Å². The van der Waals surface area contributed by atoms with Gasteiger partial charge in [-0.05, 0) is 55.6 Å². The number of hydrogen-bond acceptors (Lipinski definition) is 5. The Morgan fingerprint density at radius 1 is 1.19 bits per heavy atom. The lowest BCUT2D eigenvalue weighted by Crippen LogP contribution is -2.29. The molecule has 0 bridgehead atoms. The third kappa shape index (κ3) is 4.19. The summed E-state index contributed by atoms with van der Waals surface area (Å²) in [6.07, 6.45) is 2.05. The van der Waals surface area contributed by atoms with Crippen LogP contribution in [-0.2, 0) is 13.0 Å².